The molecule has 142 valence electrons. The molecule has 27 heavy (non-hydrogen) atoms. The van der Waals surface area contributed by atoms with Crippen LogP contribution < -0.4 is 0 Å². The summed E-state index contributed by atoms with van der Waals surface area (Å²) in [4.78, 5) is 34.7. The second-order valence-corrected chi connectivity index (χ2v) is 9.71. The summed E-state index contributed by atoms with van der Waals surface area (Å²) in [5, 5.41) is 1.01. The topological polar surface area (TPSA) is 53.5 Å². The Kier molecular flexibility index (Phi) is 4.00. The number of carbonyl (C=O) groups excluding carboxylic acids is 2. The predicted octanol–water partition coefficient (Wildman–Crippen LogP) is 3.47. The molecule has 2 aliphatic heterocycles. The van der Waals surface area contributed by atoms with Gasteiger partial charge in [-0.2, -0.15) is 0 Å². The molecule has 0 bridgehead atoms. The lowest BCUT2D eigenvalue weighted by atomic mass is 9.78. The summed E-state index contributed by atoms with van der Waals surface area (Å²) in [5.41, 5.74) is 1.32. The highest BCUT2D eigenvalue weighted by atomic mass is 32.1. The Bertz CT molecular complexity index is 919. The highest BCUT2D eigenvalue weighted by molar-refractivity contribution is 7.18. The van der Waals surface area contributed by atoms with Gasteiger partial charge in [0.05, 0.1) is 20.6 Å². The molecule has 1 spiro atoms. The lowest BCUT2D eigenvalue weighted by molar-refractivity contribution is -0.145. The molecule has 1 aromatic carbocycles. The summed E-state index contributed by atoms with van der Waals surface area (Å²) in [5.74, 6) is 1.06. The van der Waals surface area contributed by atoms with Gasteiger partial charge in [-0.1, -0.05) is 0 Å². The minimum absolute atomic E-state index is 0.0481. The Morgan fingerprint density at radius 2 is 2.15 bits per heavy atom. The summed E-state index contributed by atoms with van der Waals surface area (Å²) in [6.45, 7) is 5.06. The van der Waals surface area contributed by atoms with Crippen molar-refractivity contribution >= 4 is 33.4 Å². The zero-order valence-corrected chi connectivity index (χ0v) is 16.6. The summed E-state index contributed by atoms with van der Waals surface area (Å²) in [7, 11) is 0. The minimum atomic E-state index is -0.339. The van der Waals surface area contributed by atoms with E-state index in [0.29, 0.717) is 24.6 Å². The van der Waals surface area contributed by atoms with Crippen LogP contribution in [-0.4, -0.2) is 52.8 Å². The van der Waals surface area contributed by atoms with Gasteiger partial charge in [0.25, 0.3) is 5.91 Å². The van der Waals surface area contributed by atoms with E-state index in [2.05, 4.69) is 9.88 Å². The fourth-order valence-corrected chi connectivity index (χ4v) is 5.58. The van der Waals surface area contributed by atoms with Crippen molar-refractivity contribution in [1.29, 1.82) is 0 Å². The number of hydrogen-bond acceptors (Lipinski definition) is 4. The molecule has 1 aliphatic carbocycles. The van der Waals surface area contributed by atoms with Crippen molar-refractivity contribution in [2.45, 2.75) is 39.0 Å². The van der Waals surface area contributed by atoms with Crippen LogP contribution in [0.5, 0.6) is 0 Å². The number of hydrogen-bond donors (Lipinski definition) is 0. The third kappa shape index (κ3) is 3.04. The smallest absolute Gasteiger partial charge is 0.253 e. The number of thiazole rings is 1. The quantitative estimate of drug-likeness (QED) is 0.815. The maximum absolute atomic E-state index is 13.2. The molecular formula is C21H25N3O2S. The van der Waals surface area contributed by atoms with Crippen molar-refractivity contribution in [3.63, 3.8) is 0 Å². The first-order chi connectivity index (χ1) is 13.0. The number of nitrogens with zero attached hydrogens (tertiary/aromatic N) is 3. The maximum atomic E-state index is 13.2. The highest BCUT2D eigenvalue weighted by Gasteiger charge is 2.50. The normalized spacial score (nSPS) is 25.7. The Balaban J connectivity index is 1.34. The minimum Gasteiger partial charge on any atom is -0.342 e. The molecular weight excluding hydrogens is 358 g/mol. The first-order valence-electron chi connectivity index (χ1n) is 10.00. The number of rotatable bonds is 3. The number of fused-ring (bicyclic) bond motifs is 1. The van der Waals surface area contributed by atoms with Crippen LogP contribution in [0, 0.1) is 18.3 Å². The molecule has 2 aromatic rings. The number of benzene rings is 1. The van der Waals surface area contributed by atoms with Gasteiger partial charge < -0.3 is 9.80 Å². The van der Waals surface area contributed by atoms with Crippen LogP contribution in [-0.2, 0) is 4.79 Å². The molecule has 1 unspecified atom stereocenters. The second-order valence-electron chi connectivity index (χ2n) is 8.47. The molecule has 5 rings (SSSR count). The van der Waals surface area contributed by atoms with Gasteiger partial charge in [0.1, 0.15) is 0 Å². The van der Waals surface area contributed by atoms with Crippen molar-refractivity contribution in [1.82, 2.24) is 14.8 Å². The van der Waals surface area contributed by atoms with Crippen LogP contribution >= 0.6 is 11.3 Å². The average molecular weight is 384 g/mol. The monoisotopic (exact) mass is 383 g/mol. The second kappa shape index (κ2) is 6.30. The number of likely N-dealkylation sites (tertiary alicyclic amines) is 2. The molecule has 3 aliphatic rings. The van der Waals surface area contributed by atoms with Crippen LogP contribution in [0.25, 0.3) is 10.2 Å². The first-order valence-corrected chi connectivity index (χ1v) is 10.8. The van der Waals surface area contributed by atoms with Crippen molar-refractivity contribution < 1.29 is 9.59 Å². The number of amides is 2. The Hall–Kier alpha value is -1.95. The van der Waals surface area contributed by atoms with Crippen LogP contribution in [0.4, 0.5) is 0 Å². The van der Waals surface area contributed by atoms with E-state index in [1.807, 2.05) is 30.0 Å². The molecule has 3 heterocycles. The summed E-state index contributed by atoms with van der Waals surface area (Å²) in [6.07, 6.45) is 5.32. The molecule has 6 heteroatoms. The van der Waals surface area contributed by atoms with Crippen molar-refractivity contribution in [2.24, 2.45) is 11.3 Å². The molecule has 2 saturated heterocycles. The van der Waals surface area contributed by atoms with Gasteiger partial charge in [0.15, 0.2) is 0 Å². The SMILES string of the molecule is Cc1nc2ccc(C(=O)N3CCC4(CCCN(CC5CC5)C4=O)C3)cc2s1. The van der Waals surface area contributed by atoms with Crippen molar-refractivity contribution in [3.05, 3.63) is 28.8 Å². The zero-order chi connectivity index (χ0) is 18.6. The molecule has 0 N–H and O–H groups in total. The van der Waals surface area contributed by atoms with Gasteiger partial charge in [-0.05, 0) is 63.1 Å². The van der Waals surface area contributed by atoms with E-state index in [-0.39, 0.29) is 11.3 Å². The summed E-state index contributed by atoms with van der Waals surface area (Å²) < 4.78 is 1.05. The van der Waals surface area contributed by atoms with Gasteiger partial charge in [0, 0.05) is 31.7 Å². The van der Waals surface area contributed by atoms with E-state index < -0.39 is 0 Å². The Morgan fingerprint density at radius 1 is 1.30 bits per heavy atom. The van der Waals surface area contributed by atoms with Gasteiger partial charge in [-0.15, -0.1) is 11.3 Å². The van der Waals surface area contributed by atoms with E-state index in [1.54, 1.807) is 11.3 Å². The summed E-state index contributed by atoms with van der Waals surface area (Å²) >= 11 is 1.62. The number of piperidine rings is 1. The van der Waals surface area contributed by atoms with Crippen LogP contribution in [0.1, 0.15) is 47.5 Å². The zero-order valence-electron chi connectivity index (χ0n) is 15.7. The standard InChI is InChI=1S/C21H25N3O2S/c1-14-22-17-6-5-16(11-18(17)27-14)19(25)24-10-8-21(13-24)7-2-9-23(20(21)26)12-15-3-4-15/h5-6,11,15H,2-4,7-10,12-13H2,1H3. The molecule has 2 amide bonds. The highest BCUT2D eigenvalue weighted by Crippen LogP contribution is 2.42. The van der Waals surface area contributed by atoms with Gasteiger partial charge in [0.2, 0.25) is 5.91 Å². The van der Waals surface area contributed by atoms with E-state index in [1.165, 1.54) is 12.8 Å². The van der Waals surface area contributed by atoms with Crippen LogP contribution in [0.3, 0.4) is 0 Å². The molecule has 1 saturated carbocycles. The summed E-state index contributed by atoms with van der Waals surface area (Å²) in [6, 6.07) is 5.76. The van der Waals surface area contributed by atoms with Gasteiger partial charge >= 0.3 is 0 Å². The fraction of sp³-hybridized carbons (Fsp3) is 0.571. The molecule has 0 radical (unpaired) electrons. The van der Waals surface area contributed by atoms with Gasteiger partial charge in [-0.3, -0.25) is 9.59 Å². The maximum Gasteiger partial charge on any atom is 0.253 e. The number of aromatic nitrogens is 1. The first kappa shape index (κ1) is 17.2. The fourth-order valence-electron chi connectivity index (χ4n) is 4.72. The van der Waals surface area contributed by atoms with Crippen LogP contribution in [0.15, 0.2) is 18.2 Å². The Morgan fingerprint density at radius 3 is 2.96 bits per heavy atom. The van der Waals surface area contributed by atoms with Crippen LogP contribution in [0.2, 0.25) is 0 Å². The van der Waals surface area contributed by atoms with E-state index in [0.717, 1.165) is 53.5 Å². The van der Waals surface area contributed by atoms with E-state index >= 15 is 0 Å². The van der Waals surface area contributed by atoms with Crippen molar-refractivity contribution in [2.75, 3.05) is 26.2 Å². The Labute approximate surface area is 163 Å². The lowest BCUT2D eigenvalue weighted by Crippen LogP contribution is -2.50. The largest absolute Gasteiger partial charge is 0.342 e. The lowest BCUT2D eigenvalue weighted by Gasteiger charge is -2.39. The van der Waals surface area contributed by atoms with E-state index in [4.69, 9.17) is 0 Å². The average Bonchev–Trinajstić information content (AvgIpc) is 3.24. The van der Waals surface area contributed by atoms with Gasteiger partial charge in [-0.25, -0.2) is 4.98 Å². The molecule has 3 fully saturated rings. The number of aryl methyl sites for hydroxylation is 1. The van der Waals surface area contributed by atoms with E-state index in [9.17, 15) is 9.59 Å². The third-order valence-electron chi connectivity index (χ3n) is 6.38. The molecule has 1 atom stereocenters. The van der Waals surface area contributed by atoms with Crippen molar-refractivity contribution in [3.8, 4) is 0 Å². The predicted molar refractivity (Wildman–Crippen MR) is 106 cm³/mol. The third-order valence-corrected chi connectivity index (χ3v) is 7.32. The molecule has 1 aromatic heterocycles. The number of carbonyl (C=O) groups is 2. The molecule has 5 nitrogen and oxygen atoms in total.